The standard InChI is InChI=1S/C4H4N2O2.CH3NO2/c7-4(8)3-1-2-5-6-3;2-1(3)4/h1-2H,(H,5,6)(H,7,8);2H2,(H,3,4). The first-order valence-corrected chi connectivity index (χ1v) is 2.75. The summed E-state index contributed by atoms with van der Waals surface area (Å²) in [6, 6.07) is 1.39. The Balaban J connectivity index is 0.000000261. The fourth-order valence-electron chi connectivity index (χ4n) is 0.379. The Kier molecular flexibility index (Phi) is 3.91. The topological polar surface area (TPSA) is 129 Å². The van der Waals surface area contributed by atoms with Gasteiger partial charge >= 0.3 is 12.1 Å². The monoisotopic (exact) mass is 173 g/mol. The summed E-state index contributed by atoms with van der Waals surface area (Å²) in [5.41, 5.74) is 4.07. The summed E-state index contributed by atoms with van der Waals surface area (Å²) < 4.78 is 0. The highest BCUT2D eigenvalue weighted by Crippen LogP contribution is 1.87. The van der Waals surface area contributed by atoms with Gasteiger partial charge in [-0.25, -0.2) is 9.59 Å². The minimum absolute atomic E-state index is 0.0463. The number of carboxylic acid groups (broad SMARTS) is 2. The molecule has 7 nitrogen and oxygen atoms in total. The van der Waals surface area contributed by atoms with E-state index >= 15 is 0 Å². The van der Waals surface area contributed by atoms with Gasteiger partial charge in [-0.1, -0.05) is 0 Å². The highest BCUT2D eigenvalue weighted by molar-refractivity contribution is 5.84. The van der Waals surface area contributed by atoms with Crippen LogP contribution in [0.1, 0.15) is 10.5 Å². The Bertz CT molecular complexity index is 252. The van der Waals surface area contributed by atoms with E-state index in [0.717, 1.165) is 0 Å². The predicted molar refractivity (Wildman–Crippen MR) is 37.8 cm³/mol. The third-order valence-electron chi connectivity index (χ3n) is 0.720. The van der Waals surface area contributed by atoms with E-state index in [2.05, 4.69) is 15.9 Å². The molecule has 0 aliphatic rings. The average Bonchev–Trinajstić information content (AvgIpc) is 2.34. The number of aromatic nitrogens is 2. The van der Waals surface area contributed by atoms with Gasteiger partial charge in [0.25, 0.3) is 0 Å². The summed E-state index contributed by atoms with van der Waals surface area (Å²) in [6.07, 6.45) is 0.128. The number of nitrogens with one attached hydrogen (secondary N) is 1. The Morgan fingerprint density at radius 1 is 1.50 bits per heavy atom. The van der Waals surface area contributed by atoms with Gasteiger partial charge in [-0.2, -0.15) is 5.10 Å². The first kappa shape index (κ1) is 9.95. The van der Waals surface area contributed by atoms with Crippen LogP contribution in [0.5, 0.6) is 0 Å². The molecule has 7 heteroatoms. The lowest BCUT2D eigenvalue weighted by atomic mass is 10.5. The number of carboxylic acids is 1. The minimum Gasteiger partial charge on any atom is -0.476 e. The molecule has 0 spiro atoms. The zero-order valence-corrected chi connectivity index (χ0v) is 5.89. The molecule has 1 aromatic heterocycles. The molecule has 0 aromatic carbocycles. The molecule has 0 unspecified atom stereocenters. The predicted octanol–water partition coefficient (Wildman–Crippen LogP) is -0.269. The summed E-state index contributed by atoms with van der Waals surface area (Å²) in [5.74, 6) is -1.01. The second-order valence-electron chi connectivity index (χ2n) is 1.60. The number of carbonyl (C=O) groups is 2. The summed E-state index contributed by atoms with van der Waals surface area (Å²) in [7, 11) is 0. The van der Waals surface area contributed by atoms with Crippen LogP contribution in [0.25, 0.3) is 0 Å². The van der Waals surface area contributed by atoms with Crippen molar-refractivity contribution in [1.82, 2.24) is 10.2 Å². The Morgan fingerprint density at radius 2 is 2.00 bits per heavy atom. The number of hydrogen-bond acceptors (Lipinski definition) is 3. The second-order valence-corrected chi connectivity index (χ2v) is 1.60. The quantitative estimate of drug-likeness (QED) is 0.464. The van der Waals surface area contributed by atoms with Crippen LogP contribution >= 0.6 is 0 Å². The van der Waals surface area contributed by atoms with Crippen molar-refractivity contribution in [1.29, 1.82) is 0 Å². The maximum atomic E-state index is 9.98. The van der Waals surface area contributed by atoms with Gasteiger partial charge in [0.2, 0.25) is 0 Å². The zero-order chi connectivity index (χ0) is 9.56. The fraction of sp³-hybridized carbons (Fsp3) is 0. The van der Waals surface area contributed by atoms with E-state index in [-0.39, 0.29) is 5.69 Å². The van der Waals surface area contributed by atoms with E-state index in [4.69, 9.17) is 15.0 Å². The second kappa shape index (κ2) is 4.72. The summed E-state index contributed by atoms with van der Waals surface area (Å²) in [6.45, 7) is 0. The molecule has 0 saturated heterocycles. The summed E-state index contributed by atoms with van der Waals surface area (Å²) in [4.78, 5) is 18.8. The van der Waals surface area contributed by atoms with Crippen molar-refractivity contribution in [3.05, 3.63) is 18.0 Å². The number of amides is 1. The van der Waals surface area contributed by atoms with Crippen molar-refractivity contribution in [3.8, 4) is 0 Å². The highest BCUT2D eigenvalue weighted by Gasteiger charge is 2.00. The van der Waals surface area contributed by atoms with E-state index in [1.807, 2.05) is 0 Å². The maximum absolute atomic E-state index is 9.98. The van der Waals surface area contributed by atoms with E-state index in [0.29, 0.717) is 0 Å². The Morgan fingerprint density at radius 3 is 2.17 bits per heavy atom. The van der Waals surface area contributed by atoms with Gasteiger partial charge in [-0.05, 0) is 6.07 Å². The zero-order valence-electron chi connectivity index (χ0n) is 5.89. The first-order valence-electron chi connectivity index (χ1n) is 2.75. The molecule has 1 amide bonds. The van der Waals surface area contributed by atoms with Gasteiger partial charge in [-0.15, -0.1) is 0 Å². The van der Waals surface area contributed by atoms with Crippen molar-refractivity contribution in [2.24, 2.45) is 5.73 Å². The molecule has 1 aromatic rings. The maximum Gasteiger partial charge on any atom is 0.402 e. The van der Waals surface area contributed by atoms with Crippen molar-refractivity contribution in [3.63, 3.8) is 0 Å². The lowest BCUT2D eigenvalue weighted by Crippen LogP contribution is -2.03. The van der Waals surface area contributed by atoms with Crippen LogP contribution in [0.4, 0.5) is 4.79 Å². The van der Waals surface area contributed by atoms with Crippen LogP contribution in [-0.2, 0) is 0 Å². The van der Waals surface area contributed by atoms with Gasteiger partial charge in [0.1, 0.15) is 0 Å². The number of nitrogens with two attached hydrogens (primary N) is 1. The van der Waals surface area contributed by atoms with Crippen LogP contribution < -0.4 is 5.73 Å². The van der Waals surface area contributed by atoms with Gasteiger partial charge in [0.15, 0.2) is 5.69 Å². The lowest BCUT2D eigenvalue weighted by Gasteiger charge is -1.77. The van der Waals surface area contributed by atoms with Crippen molar-refractivity contribution >= 4 is 12.1 Å². The van der Waals surface area contributed by atoms with Crippen LogP contribution in [0.15, 0.2) is 12.3 Å². The molecule has 0 fully saturated rings. The first-order chi connectivity index (χ1) is 5.54. The van der Waals surface area contributed by atoms with Crippen molar-refractivity contribution in [2.45, 2.75) is 0 Å². The largest absolute Gasteiger partial charge is 0.476 e. The molecule has 1 rings (SSSR count). The Labute approximate surface area is 66.8 Å². The SMILES string of the molecule is NC(=O)O.O=C(O)c1cc[nH]n1. The molecular formula is C5H7N3O4. The van der Waals surface area contributed by atoms with Crippen molar-refractivity contribution in [2.75, 3.05) is 0 Å². The Hall–Kier alpha value is -2.05. The highest BCUT2D eigenvalue weighted by atomic mass is 16.4. The third kappa shape index (κ3) is 4.79. The van der Waals surface area contributed by atoms with E-state index in [1.54, 1.807) is 0 Å². The minimum atomic E-state index is -1.33. The molecule has 5 N–H and O–H groups in total. The van der Waals surface area contributed by atoms with Crippen LogP contribution in [0.3, 0.4) is 0 Å². The van der Waals surface area contributed by atoms with Crippen LogP contribution in [0, 0.1) is 0 Å². The van der Waals surface area contributed by atoms with Gasteiger partial charge in [0.05, 0.1) is 0 Å². The fourth-order valence-corrected chi connectivity index (χ4v) is 0.379. The number of nitrogens with zero attached hydrogens (tertiary/aromatic N) is 1. The van der Waals surface area contributed by atoms with Crippen molar-refractivity contribution < 1.29 is 19.8 Å². The van der Waals surface area contributed by atoms with E-state index in [1.165, 1.54) is 12.3 Å². The molecular weight excluding hydrogens is 166 g/mol. The number of primary amides is 1. The molecule has 0 bridgehead atoms. The van der Waals surface area contributed by atoms with Gasteiger partial charge in [0, 0.05) is 6.20 Å². The van der Waals surface area contributed by atoms with Crippen LogP contribution in [0.2, 0.25) is 0 Å². The number of aromatic amines is 1. The van der Waals surface area contributed by atoms with Gasteiger partial charge < -0.3 is 15.9 Å². The molecule has 0 aliphatic heterocycles. The normalized spacial score (nSPS) is 8.00. The van der Waals surface area contributed by atoms with E-state index < -0.39 is 12.1 Å². The molecule has 0 atom stereocenters. The third-order valence-corrected chi connectivity index (χ3v) is 0.720. The summed E-state index contributed by atoms with van der Waals surface area (Å²) >= 11 is 0. The number of hydrogen-bond donors (Lipinski definition) is 4. The molecule has 0 radical (unpaired) electrons. The number of rotatable bonds is 1. The number of aromatic carboxylic acids is 1. The molecule has 66 valence electrons. The lowest BCUT2D eigenvalue weighted by molar-refractivity contribution is 0.0690. The smallest absolute Gasteiger partial charge is 0.402 e. The van der Waals surface area contributed by atoms with Gasteiger partial charge in [-0.3, -0.25) is 5.10 Å². The number of H-pyrrole nitrogens is 1. The summed E-state index contributed by atoms with van der Waals surface area (Å²) in [5, 5.41) is 21.2. The van der Waals surface area contributed by atoms with Crippen LogP contribution in [-0.4, -0.2) is 32.5 Å². The average molecular weight is 173 g/mol. The molecule has 0 saturated carbocycles. The molecule has 0 aliphatic carbocycles. The molecule has 12 heavy (non-hydrogen) atoms. The van der Waals surface area contributed by atoms with E-state index in [9.17, 15) is 4.79 Å². The molecule has 1 heterocycles.